The monoisotopic (exact) mass is 358 g/mol. The van der Waals surface area contributed by atoms with Gasteiger partial charge in [0.2, 0.25) is 11.8 Å². The van der Waals surface area contributed by atoms with Crippen LogP contribution in [0.25, 0.3) is 0 Å². The van der Waals surface area contributed by atoms with E-state index in [9.17, 15) is 14.4 Å². The zero-order chi connectivity index (χ0) is 18.0. The summed E-state index contributed by atoms with van der Waals surface area (Å²) >= 11 is 5.93. The highest BCUT2D eigenvalue weighted by atomic mass is 35.5. The summed E-state index contributed by atoms with van der Waals surface area (Å²) in [6.07, 6.45) is 0.0929. The summed E-state index contributed by atoms with van der Waals surface area (Å²) in [5, 5.41) is 3.05. The molecule has 2 aromatic rings. The Hall–Kier alpha value is -2.86. The number of hydrogen-bond acceptors (Lipinski definition) is 4. The number of amides is 3. The van der Waals surface area contributed by atoms with E-state index in [-0.39, 0.29) is 13.0 Å². The zero-order valence-corrected chi connectivity index (χ0v) is 14.2. The first-order valence-electron chi connectivity index (χ1n) is 7.55. The molecule has 0 radical (unpaired) electrons. The predicted molar refractivity (Wildman–Crippen MR) is 92.8 cm³/mol. The minimum Gasteiger partial charge on any atom is -0.495 e. The normalized spacial score (nSPS) is 13.4. The van der Waals surface area contributed by atoms with Crippen LogP contribution in [-0.4, -0.2) is 36.3 Å². The fourth-order valence-corrected chi connectivity index (χ4v) is 2.84. The van der Waals surface area contributed by atoms with E-state index in [1.165, 1.54) is 13.2 Å². The number of carbonyl (C=O) groups is 3. The van der Waals surface area contributed by atoms with Gasteiger partial charge in [0.1, 0.15) is 12.3 Å². The average molecular weight is 359 g/mol. The van der Waals surface area contributed by atoms with Crippen LogP contribution in [0.4, 0.5) is 5.69 Å². The smallest absolute Gasteiger partial charge is 0.261 e. The lowest BCUT2D eigenvalue weighted by Gasteiger charge is -2.26. The highest BCUT2D eigenvalue weighted by Gasteiger charge is 2.32. The highest BCUT2D eigenvalue weighted by Crippen LogP contribution is 2.28. The van der Waals surface area contributed by atoms with Crippen LogP contribution in [0.3, 0.4) is 0 Å². The van der Waals surface area contributed by atoms with Crippen molar-refractivity contribution >= 4 is 35.0 Å². The minimum atomic E-state index is -0.512. The fourth-order valence-electron chi connectivity index (χ4n) is 2.67. The van der Waals surface area contributed by atoms with E-state index >= 15 is 0 Å². The van der Waals surface area contributed by atoms with E-state index in [1.54, 1.807) is 36.4 Å². The molecule has 3 rings (SSSR count). The Labute approximate surface area is 149 Å². The van der Waals surface area contributed by atoms with E-state index in [0.29, 0.717) is 27.6 Å². The minimum absolute atomic E-state index is 0.0929. The SMILES string of the molecule is COc1ccc(Cl)cc1NC(=O)CN1C(=O)Cc2ccccc2C1=O. The molecule has 0 aliphatic carbocycles. The lowest BCUT2D eigenvalue weighted by Crippen LogP contribution is -2.46. The molecule has 0 saturated heterocycles. The first-order valence-corrected chi connectivity index (χ1v) is 7.93. The van der Waals surface area contributed by atoms with Gasteiger partial charge in [0.05, 0.1) is 19.2 Å². The van der Waals surface area contributed by atoms with Crippen LogP contribution in [0.15, 0.2) is 42.5 Å². The van der Waals surface area contributed by atoms with E-state index in [2.05, 4.69) is 5.32 Å². The van der Waals surface area contributed by atoms with Gasteiger partial charge in [-0.2, -0.15) is 0 Å². The Morgan fingerprint density at radius 2 is 2.00 bits per heavy atom. The van der Waals surface area contributed by atoms with Crippen LogP contribution < -0.4 is 10.1 Å². The van der Waals surface area contributed by atoms with Crippen molar-refractivity contribution in [2.75, 3.05) is 19.0 Å². The molecule has 1 heterocycles. The molecule has 0 bridgehead atoms. The number of anilines is 1. The van der Waals surface area contributed by atoms with Gasteiger partial charge in [0, 0.05) is 10.6 Å². The molecule has 0 aromatic heterocycles. The molecular formula is C18H15ClN2O4. The van der Waals surface area contributed by atoms with Crippen LogP contribution in [-0.2, 0) is 16.0 Å². The molecule has 0 unspecified atom stereocenters. The summed E-state index contributed by atoms with van der Waals surface area (Å²) in [7, 11) is 1.47. The van der Waals surface area contributed by atoms with Gasteiger partial charge in [-0.3, -0.25) is 19.3 Å². The predicted octanol–water partition coefficient (Wildman–Crippen LogP) is 2.51. The Morgan fingerprint density at radius 1 is 1.24 bits per heavy atom. The van der Waals surface area contributed by atoms with Crippen molar-refractivity contribution in [3.05, 3.63) is 58.6 Å². The van der Waals surface area contributed by atoms with Crippen LogP contribution in [0, 0.1) is 0 Å². The zero-order valence-electron chi connectivity index (χ0n) is 13.4. The van der Waals surface area contributed by atoms with Crippen molar-refractivity contribution in [2.24, 2.45) is 0 Å². The second kappa shape index (κ2) is 6.94. The van der Waals surface area contributed by atoms with Crippen molar-refractivity contribution < 1.29 is 19.1 Å². The number of hydrogen-bond donors (Lipinski definition) is 1. The van der Waals surface area contributed by atoms with Crippen molar-refractivity contribution in [3.63, 3.8) is 0 Å². The first kappa shape index (κ1) is 17.0. The molecule has 1 aliphatic heterocycles. The summed E-state index contributed by atoms with van der Waals surface area (Å²) in [4.78, 5) is 37.9. The molecule has 2 aromatic carbocycles. The van der Waals surface area contributed by atoms with Gasteiger partial charge in [-0.25, -0.2) is 0 Å². The van der Waals surface area contributed by atoms with Gasteiger partial charge in [-0.05, 0) is 29.8 Å². The van der Waals surface area contributed by atoms with E-state index in [4.69, 9.17) is 16.3 Å². The Balaban J connectivity index is 1.76. The van der Waals surface area contributed by atoms with Crippen LogP contribution in [0.1, 0.15) is 15.9 Å². The van der Waals surface area contributed by atoms with Crippen LogP contribution in [0.2, 0.25) is 5.02 Å². The van der Waals surface area contributed by atoms with Crippen molar-refractivity contribution in [3.8, 4) is 5.75 Å². The number of imide groups is 1. The van der Waals surface area contributed by atoms with E-state index in [0.717, 1.165) is 4.90 Å². The van der Waals surface area contributed by atoms with E-state index in [1.807, 2.05) is 0 Å². The summed E-state index contributed by atoms with van der Waals surface area (Å²) in [6, 6.07) is 11.7. The molecule has 0 fully saturated rings. The largest absolute Gasteiger partial charge is 0.495 e. The topological polar surface area (TPSA) is 75.7 Å². The van der Waals surface area contributed by atoms with Gasteiger partial charge in [-0.1, -0.05) is 29.8 Å². The molecule has 0 saturated carbocycles. The number of halogens is 1. The summed E-state index contributed by atoms with van der Waals surface area (Å²) < 4.78 is 5.16. The van der Waals surface area contributed by atoms with Crippen molar-refractivity contribution in [1.82, 2.24) is 4.90 Å². The standard InChI is InChI=1S/C18H15ClN2O4/c1-25-15-7-6-12(19)9-14(15)20-16(22)10-21-17(23)8-11-4-2-3-5-13(11)18(21)24/h2-7,9H,8,10H2,1H3,(H,20,22). The van der Waals surface area contributed by atoms with Gasteiger partial charge in [-0.15, -0.1) is 0 Å². The number of rotatable bonds is 4. The van der Waals surface area contributed by atoms with Gasteiger partial charge in [0.15, 0.2) is 0 Å². The molecule has 7 heteroatoms. The van der Waals surface area contributed by atoms with E-state index < -0.39 is 17.7 Å². The lowest BCUT2D eigenvalue weighted by molar-refractivity contribution is -0.131. The lowest BCUT2D eigenvalue weighted by atomic mass is 9.98. The fraction of sp³-hybridized carbons (Fsp3) is 0.167. The first-order chi connectivity index (χ1) is 12.0. The third-order valence-electron chi connectivity index (χ3n) is 3.87. The molecule has 6 nitrogen and oxygen atoms in total. The molecule has 128 valence electrons. The quantitative estimate of drug-likeness (QED) is 0.852. The Kier molecular flexibility index (Phi) is 4.72. The number of nitrogens with one attached hydrogen (secondary N) is 1. The van der Waals surface area contributed by atoms with Crippen molar-refractivity contribution in [1.29, 1.82) is 0 Å². The molecule has 1 aliphatic rings. The van der Waals surface area contributed by atoms with Gasteiger partial charge in [0.25, 0.3) is 5.91 Å². The number of nitrogens with zero attached hydrogens (tertiary/aromatic N) is 1. The third-order valence-corrected chi connectivity index (χ3v) is 4.11. The maximum Gasteiger partial charge on any atom is 0.261 e. The average Bonchev–Trinajstić information content (AvgIpc) is 2.59. The summed E-state index contributed by atoms with van der Waals surface area (Å²) in [6.45, 7) is -0.373. The maximum absolute atomic E-state index is 12.5. The highest BCUT2D eigenvalue weighted by molar-refractivity contribution is 6.31. The molecular weight excluding hydrogens is 344 g/mol. The number of benzene rings is 2. The number of ether oxygens (including phenoxy) is 1. The number of fused-ring (bicyclic) bond motifs is 1. The van der Waals surface area contributed by atoms with Gasteiger partial charge < -0.3 is 10.1 Å². The summed E-state index contributed by atoms with van der Waals surface area (Å²) in [5.41, 5.74) is 1.48. The van der Waals surface area contributed by atoms with Crippen LogP contribution >= 0.6 is 11.6 Å². The summed E-state index contributed by atoms with van der Waals surface area (Å²) in [5.74, 6) is -0.960. The maximum atomic E-state index is 12.5. The number of methoxy groups -OCH3 is 1. The van der Waals surface area contributed by atoms with Gasteiger partial charge >= 0.3 is 0 Å². The molecule has 1 N–H and O–H groups in total. The second-order valence-electron chi connectivity index (χ2n) is 5.51. The molecule has 3 amide bonds. The molecule has 0 spiro atoms. The van der Waals surface area contributed by atoms with Crippen LogP contribution in [0.5, 0.6) is 5.75 Å². The second-order valence-corrected chi connectivity index (χ2v) is 5.95. The molecule has 0 atom stereocenters. The molecule has 25 heavy (non-hydrogen) atoms. The Morgan fingerprint density at radius 3 is 2.76 bits per heavy atom. The van der Waals surface area contributed by atoms with Crippen molar-refractivity contribution in [2.45, 2.75) is 6.42 Å². The Bertz CT molecular complexity index is 866. The number of carbonyl (C=O) groups excluding carboxylic acids is 3. The third kappa shape index (κ3) is 3.49.